The highest BCUT2D eigenvalue weighted by atomic mass is 16.6. The Labute approximate surface area is 85.6 Å². The molecule has 0 radical (unpaired) electrons. The lowest BCUT2D eigenvalue weighted by molar-refractivity contribution is 0.100. The van der Waals surface area contributed by atoms with E-state index in [1.165, 1.54) is 0 Å². The normalized spacial score (nSPS) is 10.2. The van der Waals surface area contributed by atoms with Gasteiger partial charge in [0.2, 0.25) is 5.91 Å². The van der Waals surface area contributed by atoms with Gasteiger partial charge in [-0.3, -0.25) is 9.78 Å². The van der Waals surface area contributed by atoms with E-state index in [9.17, 15) is 4.79 Å². The quantitative estimate of drug-likeness (QED) is 0.698. The molecule has 1 aromatic carbocycles. The van der Waals surface area contributed by atoms with Crippen LogP contribution in [0.15, 0.2) is 30.5 Å². The largest absolute Gasteiger partial charge is 0.411 e. The van der Waals surface area contributed by atoms with Gasteiger partial charge < -0.3 is 10.6 Å². The van der Waals surface area contributed by atoms with Crippen LogP contribution in [-0.4, -0.2) is 10.9 Å². The van der Waals surface area contributed by atoms with Gasteiger partial charge in [-0.05, 0) is 18.2 Å². The predicted octanol–water partition coefficient (Wildman–Crippen LogP) is 0.586. The zero-order valence-electron chi connectivity index (χ0n) is 7.81. The summed E-state index contributed by atoms with van der Waals surface area (Å²) in [6.45, 7) is 0. The van der Waals surface area contributed by atoms with Crippen molar-refractivity contribution in [3.8, 4) is 5.75 Å². The molecule has 76 valence electrons. The number of rotatable bonds is 2. The van der Waals surface area contributed by atoms with Crippen molar-refractivity contribution in [1.29, 1.82) is 0 Å². The summed E-state index contributed by atoms with van der Waals surface area (Å²) in [7, 11) is 0. The van der Waals surface area contributed by atoms with Gasteiger partial charge in [0.15, 0.2) is 5.75 Å². The summed E-state index contributed by atoms with van der Waals surface area (Å²) in [6, 6.07) is 6.52. The van der Waals surface area contributed by atoms with E-state index in [-0.39, 0.29) is 0 Å². The van der Waals surface area contributed by atoms with Crippen LogP contribution in [0.1, 0.15) is 10.4 Å². The van der Waals surface area contributed by atoms with Crippen LogP contribution in [0, 0.1) is 0 Å². The standard InChI is InChI=1S/C10H9N3O2/c11-10(14)6-1-2-8-7(5-6)9(15-12)3-4-13-8/h1-5H,12H2,(H2,11,14). The Morgan fingerprint density at radius 2 is 2.13 bits per heavy atom. The summed E-state index contributed by atoms with van der Waals surface area (Å²) in [6.07, 6.45) is 1.58. The minimum absolute atomic E-state index is 0.397. The van der Waals surface area contributed by atoms with Gasteiger partial charge in [0.25, 0.3) is 0 Å². The second-order valence-corrected chi connectivity index (χ2v) is 3.02. The van der Waals surface area contributed by atoms with Crippen molar-refractivity contribution in [1.82, 2.24) is 4.98 Å². The van der Waals surface area contributed by atoms with Gasteiger partial charge in [0.05, 0.1) is 5.52 Å². The fourth-order valence-electron chi connectivity index (χ4n) is 1.38. The minimum Gasteiger partial charge on any atom is -0.411 e. The fraction of sp³-hybridized carbons (Fsp3) is 0. The lowest BCUT2D eigenvalue weighted by Gasteiger charge is -2.04. The van der Waals surface area contributed by atoms with E-state index < -0.39 is 5.91 Å². The summed E-state index contributed by atoms with van der Waals surface area (Å²) in [4.78, 5) is 19.7. The molecule has 0 aliphatic carbocycles. The molecule has 0 saturated carbocycles. The number of benzene rings is 1. The zero-order valence-corrected chi connectivity index (χ0v) is 7.81. The van der Waals surface area contributed by atoms with Gasteiger partial charge in [-0.15, -0.1) is 0 Å². The maximum absolute atomic E-state index is 11.0. The smallest absolute Gasteiger partial charge is 0.248 e. The Hall–Kier alpha value is -2.14. The molecule has 1 amide bonds. The second-order valence-electron chi connectivity index (χ2n) is 3.02. The third-order valence-electron chi connectivity index (χ3n) is 2.11. The first kappa shape index (κ1) is 9.42. The first-order valence-electron chi connectivity index (χ1n) is 4.27. The number of aromatic nitrogens is 1. The molecule has 0 aliphatic rings. The van der Waals surface area contributed by atoms with Gasteiger partial charge in [-0.1, -0.05) is 0 Å². The van der Waals surface area contributed by atoms with Crippen molar-refractivity contribution in [3.63, 3.8) is 0 Å². The Kier molecular flexibility index (Phi) is 2.23. The Bertz CT molecular complexity index is 525. The molecule has 5 heteroatoms. The number of nitrogens with two attached hydrogens (primary N) is 2. The van der Waals surface area contributed by atoms with E-state index in [2.05, 4.69) is 9.82 Å². The Balaban J connectivity index is 2.72. The van der Waals surface area contributed by atoms with Crippen molar-refractivity contribution in [3.05, 3.63) is 36.0 Å². The third kappa shape index (κ3) is 1.60. The van der Waals surface area contributed by atoms with E-state index in [0.29, 0.717) is 22.2 Å². The van der Waals surface area contributed by atoms with Crippen LogP contribution in [0.2, 0.25) is 0 Å². The summed E-state index contributed by atoms with van der Waals surface area (Å²) >= 11 is 0. The van der Waals surface area contributed by atoms with Gasteiger partial charge in [0, 0.05) is 23.2 Å². The van der Waals surface area contributed by atoms with Crippen LogP contribution >= 0.6 is 0 Å². The maximum Gasteiger partial charge on any atom is 0.248 e. The molecule has 0 spiro atoms. The van der Waals surface area contributed by atoms with Gasteiger partial charge >= 0.3 is 0 Å². The van der Waals surface area contributed by atoms with Crippen molar-refractivity contribution >= 4 is 16.8 Å². The number of carbonyl (C=O) groups is 1. The van der Waals surface area contributed by atoms with Crippen molar-refractivity contribution in [2.75, 3.05) is 0 Å². The van der Waals surface area contributed by atoms with Gasteiger partial charge in [-0.2, -0.15) is 5.90 Å². The average molecular weight is 203 g/mol. The summed E-state index contributed by atoms with van der Waals surface area (Å²) in [5, 5.41) is 0.663. The summed E-state index contributed by atoms with van der Waals surface area (Å²) in [5.74, 6) is 5.06. The number of nitrogens with zero attached hydrogens (tertiary/aromatic N) is 1. The monoisotopic (exact) mass is 203 g/mol. The molecule has 5 nitrogen and oxygen atoms in total. The molecule has 15 heavy (non-hydrogen) atoms. The van der Waals surface area contributed by atoms with Gasteiger partial charge in [-0.25, -0.2) is 0 Å². The lowest BCUT2D eigenvalue weighted by Crippen LogP contribution is -2.11. The van der Waals surface area contributed by atoms with Crippen LogP contribution in [-0.2, 0) is 0 Å². The number of hydrogen-bond donors (Lipinski definition) is 2. The SMILES string of the molecule is NOc1ccnc2ccc(C(N)=O)cc12. The molecule has 1 heterocycles. The topological polar surface area (TPSA) is 91.2 Å². The zero-order chi connectivity index (χ0) is 10.8. The van der Waals surface area contributed by atoms with E-state index in [1.807, 2.05) is 0 Å². The molecular weight excluding hydrogens is 194 g/mol. The van der Waals surface area contributed by atoms with Crippen molar-refractivity contribution in [2.45, 2.75) is 0 Å². The molecule has 0 aliphatic heterocycles. The molecule has 0 bridgehead atoms. The third-order valence-corrected chi connectivity index (χ3v) is 2.11. The number of carbonyl (C=O) groups excluding carboxylic acids is 1. The molecular formula is C10H9N3O2. The van der Waals surface area contributed by atoms with Crippen LogP contribution in [0.3, 0.4) is 0 Å². The van der Waals surface area contributed by atoms with E-state index in [4.69, 9.17) is 11.6 Å². The highest BCUT2D eigenvalue weighted by molar-refractivity contribution is 5.98. The second kappa shape index (κ2) is 3.55. The molecule has 0 fully saturated rings. The molecule has 4 N–H and O–H groups in total. The molecule has 2 aromatic rings. The first-order valence-corrected chi connectivity index (χ1v) is 4.27. The van der Waals surface area contributed by atoms with Crippen LogP contribution in [0.5, 0.6) is 5.75 Å². The molecule has 1 aromatic heterocycles. The van der Waals surface area contributed by atoms with E-state index in [1.54, 1.807) is 30.5 Å². The van der Waals surface area contributed by atoms with Crippen LogP contribution in [0.4, 0.5) is 0 Å². The van der Waals surface area contributed by atoms with Crippen molar-refractivity contribution < 1.29 is 9.63 Å². The molecule has 0 unspecified atom stereocenters. The predicted molar refractivity (Wildman–Crippen MR) is 55.1 cm³/mol. The highest BCUT2D eigenvalue weighted by Gasteiger charge is 2.06. The molecule has 0 atom stereocenters. The number of pyridine rings is 1. The fourth-order valence-corrected chi connectivity index (χ4v) is 1.38. The summed E-state index contributed by atoms with van der Waals surface area (Å²) < 4.78 is 0. The maximum atomic E-state index is 11.0. The van der Waals surface area contributed by atoms with E-state index in [0.717, 1.165) is 0 Å². The average Bonchev–Trinajstić information content (AvgIpc) is 2.27. The van der Waals surface area contributed by atoms with Crippen molar-refractivity contribution in [2.24, 2.45) is 11.6 Å². The van der Waals surface area contributed by atoms with Crippen LogP contribution < -0.4 is 16.5 Å². The number of hydrogen-bond acceptors (Lipinski definition) is 4. The Morgan fingerprint density at radius 3 is 2.80 bits per heavy atom. The highest BCUT2D eigenvalue weighted by Crippen LogP contribution is 2.23. The first-order chi connectivity index (χ1) is 7.22. The Morgan fingerprint density at radius 1 is 1.33 bits per heavy atom. The van der Waals surface area contributed by atoms with Crippen LogP contribution in [0.25, 0.3) is 10.9 Å². The van der Waals surface area contributed by atoms with E-state index >= 15 is 0 Å². The number of primary amides is 1. The molecule has 0 saturated heterocycles. The van der Waals surface area contributed by atoms with Gasteiger partial charge in [0.1, 0.15) is 0 Å². The number of amides is 1. The molecule has 2 rings (SSSR count). The number of fused-ring (bicyclic) bond motifs is 1. The summed E-state index contributed by atoms with van der Waals surface area (Å²) in [5.41, 5.74) is 6.26. The minimum atomic E-state index is -0.497. The lowest BCUT2D eigenvalue weighted by atomic mass is 10.1.